The summed E-state index contributed by atoms with van der Waals surface area (Å²) >= 11 is 5.96. The summed E-state index contributed by atoms with van der Waals surface area (Å²) in [5.41, 5.74) is 2.51. The molecule has 3 nitrogen and oxygen atoms in total. The van der Waals surface area contributed by atoms with Gasteiger partial charge in [-0.1, -0.05) is 17.7 Å². The zero-order valence-corrected chi connectivity index (χ0v) is 10.8. The average Bonchev–Trinajstić information content (AvgIpc) is 2.70. The Kier molecular flexibility index (Phi) is 3.69. The maximum Gasteiger partial charge on any atom is 0.322 e. The smallest absolute Gasteiger partial charge is 0.322 e. The molecule has 0 saturated heterocycles. The maximum absolute atomic E-state index is 11.4. The molecule has 1 aromatic carbocycles. The molecule has 0 aromatic heterocycles. The standard InChI is InChI=1S/C13H16ClNO2/c1-8(13(16)17-2)15-12-6-3-9-7-10(14)4-5-11(9)12/h4-5,7-8,12,15H,3,6H2,1-2H3/t8-,12?/m0/s1. The third-order valence-corrected chi connectivity index (χ3v) is 3.42. The molecule has 4 heteroatoms. The third-order valence-electron chi connectivity index (χ3n) is 3.19. The van der Waals surface area contributed by atoms with Gasteiger partial charge < -0.3 is 4.74 Å². The molecule has 1 aliphatic carbocycles. The monoisotopic (exact) mass is 253 g/mol. The number of carbonyl (C=O) groups is 1. The lowest BCUT2D eigenvalue weighted by atomic mass is 10.1. The van der Waals surface area contributed by atoms with Crippen molar-refractivity contribution in [1.82, 2.24) is 5.32 Å². The summed E-state index contributed by atoms with van der Waals surface area (Å²) in [4.78, 5) is 11.4. The van der Waals surface area contributed by atoms with E-state index in [4.69, 9.17) is 16.3 Å². The number of esters is 1. The molecule has 0 heterocycles. The highest BCUT2D eigenvalue weighted by atomic mass is 35.5. The summed E-state index contributed by atoms with van der Waals surface area (Å²) in [6.07, 6.45) is 2.00. The van der Waals surface area contributed by atoms with E-state index in [1.807, 2.05) is 25.1 Å². The van der Waals surface area contributed by atoms with Crippen molar-refractivity contribution in [3.63, 3.8) is 0 Å². The minimum atomic E-state index is -0.286. The molecular weight excluding hydrogens is 238 g/mol. The molecule has 0 amide bonds. The Balaban J connectivity index is 2.09. The Hall–Kier alpha value is -1.06. The van der Waals surface area contributed by atoms with Crippen molar-refractivity contribution in [2.24, 2.45) is 0 Å². The molecule has 0 spiro atoms. The molecule has 2 atom stereocenters. The predicted octanol–water partition coefficient (Wildman–Crippen LogP) is 2.48. The Labute approximate surface area is 106 Å². The molecule has 1 unspecified atom stereocenters. The minimum Gasteiger partial charge on any atom is -0.468 e. The first-order valence-electron chi connectivity index (χ1n) is 5.74. The molecule has 92 valence electrons. The Bertz CT molecular complexity index is 433. The Morgan fingerprint density at radius 3 is 3.06 bits per heavy atom. The van der Waals surface area contributed by atoms with Crippen LogP contribution in [-0.2, 0) is 16.0 Å². The minimum absolute atomic E-state index is 0.219. The van der Waals surface area contributed by atoms with Crippen LogP contribution in [0.2, 0.25) is 5.02 Å². The van der Waals surface area contributed by atoms with Crippen molar-refractivity contribution in [2.45, 2.75) is 31.8 Å². The second-order valence-corrected chi connectivity index (χ2v) is 4.78. The highest BCUT2D eigenvalue weighted by molar-refractivity contribution is 6.30. The van der Waals surface area contributed by atoms with Gasteiger partial charge in [0.25, 0.3) is 0 Å². The quantitative estimate of drug-likeness (QED) is 0.841. The van der Waals surface area contributed by atoms with Gasteiger partial charge in [-0.2, -0.15) is 0 Å². The van der Waals surface area contributed by atoms with Crippen LogP contribution in [0.3, 0.4) is 0 Å². The number of benzene rings is 1. The van der Waals surface area contributed by atoms with Crippen LogP contribution in [0.5, 0.6) is 0 Å². The molecule has 1 N–H and O–H groups in total. The van der Waals surface area contributed by atoms with E-state index in [-0.39, 0.29) is 18.1 Å². The van der Waals surface area contributed by atoms with Gasteiger partial charge in [0.1, 0.15) is 6.04 Å². The number of methoxy groups -OCH3 is 1. The number of hydrogen-bond donors (Lipinski definition) is 1. The number of aryl methyl sites for hydroxylation is 1. The first-order valence-corrected chi connectivity index (χ1v) is 6.12. The molecule has 0 fully saturated rings. The summed E-state index contributed by atoms with van der Waals surface area (Å²) in [5, 5.41) is 4.06. The van der Waals surface area contributed by atoms with Crippen LogP contribution in [-0.4, -0.2) is 19.1 Å². The lowest BCUT2D eigenvalue weighted by Gasteiger charge is -2.18. The summed E-state index contributed by atoms with van der Waals surface area (Å²) in [7, 11) is 1.41. The van der Waals surface area contributed by atoms with Crippen molar-refractivity contribution in [1.29, 1.82) is 0 Å². The average molecular weight is 254 g/mol. The highest BCUT2D eigenvalue weighted by Gasteiger charge is 2.25. The van der Waals surface area contributed by atoms with E-state index in [0.717, 1.165) is 17.9 Å². The van der Waals surface area contributed by atoms with Crippen LogP contribution < -0.4 is 5.32 Å². The van der Waals surface area contributed by atoms with E-state index in [1.54, 1.807) is 0 Å². The van der Waals surface area contributed by atoms with Gasteiger partial charge in [-0.05, 0) is 43.0 Å². The second-order valence-electron chi connectivity index (χ2n) is 4.35. The van der Waals surface area contributed by atoms with Crippen molar-refractivity contribution >= 4 is 17.6 Å². The van der Waals surface area contributed by atoms with Gasteiger partial charge in [-0.3, -0.25) is 10.1 Å². The van der Waals surface area contributed by atoms with Crippen molar-refractivity contribution in [3.05, 3.63) is 34.3 Å². The second kappa shape index (κ2) is 5.07. The summed E-state index contributed by atoms with van der Waals surface area (Å²) in [5.74, 6) is -0.229. The fourth-order valence-electron chi connectivity index (χ4n) is 2.31. The van der Waals surface area contributed by atoms with Crippen molar-refractivity contribution < 1.29 is 9.53 Å². The number of fused-ring (bicyclic) bond motifs is 1. The number of hydrogen-bond acceptors (Lipinski definition) is 3. The number of nitrogens with one attached hydrogen (secondary N) is 1. The van der Waals surface area contributed by atoms with Crippen molar-refractivity contribution in [2.75, 3.05) is 7.11 Å². The SMILES string of the molecule is COC(=O)[C@H](C)NC1CCc2cc(Cl)ccc21. The Morgan fingerprint density at radius 1 is 1.59 bits per heavy atom. The van der Waals surface area contributed by atoms with Crippen molar-refractivity contribution in [3.8, 4) is 0 Å². The lowest BCUT2D eigenvalue weighted by Crippen LogP contribution is -2.36. The van der Waals surface area contributed by atoms with E-state index in [0.29, 0.717) is 0 Å². The van der Waals surface area contributed by atoms with Crippen LogP contribution in [0.1, 0.15) is 30.5 Å². The summed E-state index contributed by atoms with van der Waals surface area (Å²) < 4.78 is 4.71. The van der Waals surface area contributed by atoms with Crippen LogP contribution in [0.4, 0.5) is 0 Å². The van der Waals surface area contributed by atoms with E-state index in [9.17, 15) is 4.79 Å². The number of ether oxygens (including phenoxy) is 1. The topological polar surface area (TPSA) is 38.3 Å². The molecule has 2 rings (SSSR count). The lowest BCUT2D eigenvalue weighted by molar-refractivity contribution is -0.142. The first-order chi connectivity index (χ1) is 8.11. The molecule has 0 saturated carbocycles. The van der Waals surface area contributed by atoms with E-state index in [2.05, 4.69) is 5.32 Å². The zero-order chi connectivity index (χ0) is 12.4. The van der Waals surface area contributed by atoms with Gasteiger partial charge in [0.2, 0.25) is 0 Å². The molecule has 0 aliphatic heterocycles. The summed E-state index contributed by atoms with van der Waals surface area (Å²) in [6, 6.07) is 5.86. The normalized spacial score (nSPS) is 19.8. The van der Waals surface area contributed by atoms with Gasteiger partial charge in [-0.25, -0.2) is 0 Å². The van der Waals surface area contributed by atoms with Crippen LogP contribution >= 0.6 is 11.6 Å². The molecule has 0 bridgehead atoms. The largest absolute Gasteiger partial charge is 0.468 e. The molecule has 1 aromatic rings. The molecular formula is C13H16ClNO2. The van der Waals surface area contributed by atoms with Gasteiger partial charge in [0.15, 0.2) is 0 Å². The molecule has 0 radical (unpaired) electrons. The summed E-state index contributed by atoms with van der Waals surface area (Å²) in [6.45, 7) is 1.82. The third kappa shape index (κ3) is 2.61. The predicted molar refractivity (Wildman–Crippen MR) is 67.1 cm³/mol. The number of halogens is 1. The maximum atomic E-state index is 11.4. The van der Waals surface area contributed by atoms with Crippen LogP contribution in [0.15, 0.2) is 18.2 Å². The number of rotatable bonds is 3. The zero-order valence-electron chi connectivity index (χ0n) is 10.00. The van der Waals surface area contributed by atoms with Gasteiger partial charge in [-0.15, -0.1) is 0 Å². The number of carbonyl (C=O) groups excluding carboxylic acids is 1. The van der Waals surface area contributed by atoms with Crippen LogP contribution in [0.25, 0.3) is 0 Å². The highest BCUT2D eigenvalue weighted by Crippen LogP contribution is 2.33. The van der Waals surface area contributed by atoms with E-state index < -0.39 is 0 Å². The van der Waals surface area contributed by atoms with Gasteiger partial charge in [0, 0.05) is 11.1 Å². The fourth-order valence-corrected chi connectivity index (χ4v) is 2.50. The fraction of sp³-hybridized carbons (Fsp3) is 0.462. The van der Waals surface area contributed by atoms with E-state index in [1.165, 1.54) is 18.2 Å². The first kappa shape index (κ1) is 12.4. The van der Waals surface area contributed by atoms with Gasteiger partial charge >= 0.3 is 5.97 Å². The van der Waals surface area contributed by atoms with E-state index >= 15 is 0 Å². The molecule has 17 heavy (non-hydrogen) atoms. The van der Waals surface area contributed by atoms with Crippen LogP contribution in [0, 0.1) is 0 Å². The molecule has 1 aliphatic rings. The Morgan fingerprint density at radius 2 is 2.35 bits per heavy atom. The van der Waals surface area contributed by atoms with Gasteiger partial charge in [0.05, 0.1) is 7.11 Å².